The number of aromatic nitrogens is 4. The average Bonchev–Trinajstić information content (AvgIpc) is 2.74. The highest BCUT2D eigenvalue weighted by Crippen LogP contribution is 2.33. The van der Waals surface area contributed by atoms with Gasteiger partial charge in [0, 0.05) is 17.3 Å². The second kappa shape index (κ2) is 8.62. The van der Waals surface area contributed by atoms with Gasteiger partial charge in [-0.3, -0.25) is 4.98 Å². The molecule has 0 aliphatic carbocycles. The third-order valence-electron chi connectivity index (χ3n) is 4.30. The van der Waals surface area contributed by atoms with E-state index >= 15 is 0 Å². The first-order valence-corrected chi connectivity index (χ1v) is 10.1. The molecule has 0 saturated heterocycles. The van der Waals surface area contributed by atoms with Crippen LogP contribution >= 0.6 is 12.4 Å². The van der Waals surface area contributed by atoms with Crippen molar-refractivity contribution in [1.29, 1.82) is 0 Å². The summed E-state index contributed by atoms with van der Waals surface area (Å²) in [5.41, 5.74) is 12.3. The highest BCUT2D eigenvalue weighted by atomic mass is 35.5. The normalized spacial score (nSPS) is 11.0. The van der Waals surface area contributed by atoms with Gasteiger partial charge in [0.1, 0.15) is 17.5 Å². The van der Waals surface area contributed by atoms with Gasteiger partial charge in [0.25, 0.3) is 5.16 Å². The van der Waals surface area contributed by atoms with Gasteiger partial charge in [0.2, 0.25) is 9.84 Å². The number of rotatable bonds is 4. The van der Waals surface area contributed by atoms with Crippen molar-refractivity contribution < 1.29 is 12.8 Å². The molecule has 0 radical (unpaired) electrons. The Labute approximate surface area is 183 Å². The quantitative estimate of drug-likeness (QED) is 0.445. The molecule has 0 amide bonds. The van der Waals surface area contributed by atoms with Crippen LogP contribution < -0.4 is 11.5 Å². The van der Waals surface area contributed by atoms with E-state index in [2.05, 4.69) is 19.9 Å². The molecule has 0 spiro atoms. The van der Waals surface area contributed by atoms with Crippen LogP contribution in [-0.2, 0) is 9.84 Å². The van der Waals surface area contributed by atoms with Gasteiger partial charge < -0.3 is 11.5 Å². The van der Waals surface area contributed by atoms with Gasteiger partial charge in [-0.15, -0.1) is 12.4 Å². The Balaban J connectivity index is 0.00000272. The minimum Gasteiger partial charge on any atom is -0.384 e. The zero-order valence-corrected chi connectivity index (χ0v) is 17.4. The van der Waals surface area contributed by atoms with Crippen molar-refractivity contribution in [2.24, 2.45) is 0 Å². The molecule has 2 aromatic heterocycles. The number of nitrogens with two attached hydrogens (primary N) is 2. The van der Waals surface area contributed by atoms with Crippen LogP contribution in [0, 0.1) is 5.82 Å². The fourth-order valence-corrected chi connectivity index (χ4v) is 4.24. The second-order valence-electron chi connectivity index (χ2n) is 6.28. The lowest BCUT2D eigenvalue weighted by atomic mass is 10.0. The van der Waals surface area contributed by atoms with E-state index in [1.807, 2.05) is 0 Å². The van der Waals surface area contributed by atoms with Crippen molar-refractivity contribution in [3.8, 4) is 22.4 Å². The average molecular weight is 459 g/mol. The van der Waals surface area contributed by atoms with Crippen LogP contribution in [0.4, 0.5) is 16.0 Å². The van der Waals surface area contributed by atoms with Gasteiger partial charge in [-0.1, -0.05) is 24.3 Å². The second-order valence-corrected chi connectivity index (χ2v) is 8.10. The molecule has 0 fully saturated rings. The SMILES string of the molecule is Cl.Nc1cnc(-c2ccc(-c3ccccc3S(=O)(=O)c3nccc(N)n3)cc2F)cn1. The van der Waals surface area contributed by atoms with E-state index in [1.165, 1.54) is 42.9 Å². The zero-order chi connectivity index (χ0) is 21.3. The van der Waals surface area contributed by atoms with Crippen LogP contribution in [0.1, 0.15) is 0 Å². The van der Waals surface area contributed by atoms with Crippen molar-refractivity contribution in [1.82, 2.24) is 19.9 Å². The first-order chi connectivity index (χ1) is 14.4. The predicted octanol–water partition coefficient (Wildman–Crippen LogP) is 3.16. The Morgan fingerprint density at radius 2 is 1.61 bits per heavy atom. The van der Waals surface area contributed by atoms with Gasteiger partial charge in [-0.25, -0.2) is 27.8 Å². The molecule has 4 aromatic rings. The number of nitrogen functional groups attached to an aromatic ring is 2. The van der Waals surface area contributed by atoms with Crippen molar-refractivity contribution >= 4 is 33.9 Å². The lowest BCUT2D eigenvalue weighted by Gasteiger charge is -2.11. The number of anilines is 2. The van der Waals surface area contributed by atoms with Crippen LogP contribution in [0.15, 0.2) is 77.2 Å². The summed E-state index contributed by atoms with van der Waals surface area (Å²) in [6, 6.07) is 12.0. The maximum absolute atomic E-state index is 14.8. The minimum absolute atomic E-state index is 0. The lowest BCUT2D eigenvalue weighted by molar-refractivity contribution is 0.587. The van der Waals surface area contributed by atoms with Crippen LogP contribution in [0.25, 0.3) is 22.4 Å². The molecule has 0 aliphatic heterocycles. The third-order valence-corrected chi connectivity index (χ3v) is 5.91. The summed E-state index contributed by atoms with van der Waals surface area (Å²) in [6.07, 6.45) is 3.96. The molecule has 2 heterocycles. The molecule has 158 valence electrons. The van der Waals surface area contributed by atoms with Gasteiger partial charge in [0.15, 0.2) is 0 Å². The standard InChI is InChI=1S/C20H15FN6O2S.ClH/c21-15-9-12(5-6-14(15)16-10-26-19(23)11-25-16)13-3-1-2-4-17(13)30(28,29)20-24-8-7-18(22)27-20;/h1-11H,(H2,23,26)(H2,22,24,27);1H. The lowest BCUT2D eigenvalue weighted by Crippen LogP contribution is -2.09. The van der Waals surface area contributed by atoms with Gasteiger partial charge >= 0.3 is 0 Å². The van der Waals surface area contributed by atoms with Crippen LogP contribution in [0.3, 0.4) is 0 Å². The number of hydrogen-bond acceptors (Lipinski definition) is 8. The summed E-state index contributed by atoms with van der Waals surface area (Å²) in [5.74, 6) is -0.335. The van der Waals surface area contributed by atoms with E-state index in [4.69, 9.17) is 11.5 Å². The Morgan fingerprint density at radius 1 is 0.839 bits per heavy atom. The van der Waals surface area contributed by atoms with Crippen molar-refractivity contribution in [2.75, 3.05) is 11.5 Å². The smallest absolute Gasteiger partial charge is 0.253 e. The highest BCUT2D eigenvalue weighted by Gasteiger charge is 2.25. The summed E-state index contributed by atoms with van der Waals surface area (Å²) < 4.78 is 41.0. The van der Waals surface area contributed by atoms with Crippen LogP contribution in [0.2, 0.25) is 0 Å². The van der Waals surface area contributed by atoms with Crippen molar-refractivity contribution in [3.63, 3.8) is 0 Å². The fourth-order valence-electron chi connectivity index (χ4n) is 2.89. The predicted molar refractivity (Wildman–Crippen MR) is 116 cm³/mol. The molecule has 0 bridgehead atoms. The van der Waals surface area contributed by atoms with E-state index < -0.39 is 20.8 Å². The number of sulfone groups is 1. The largest absolute Gasteiger partial charge is 0.384 e. The van der Waals surface area contributed by atoms with Crippen LogP contribution in [-0.4, -0.2) is 28.4 Å². The van der Waals surface area contributed by atoms with Gasteiger partial charge in [0.05, 0.1) is 23.0 Å². The Hall–Kier alpha value is -3.63. The molecule has 0 atom stereocenters. The Bertz CT molecular complexity index is 1350. The maximum Gasteiger partial charge on any atom is 0.253 e. The maximum atomic E-state index is 14.8. The summed E-state index contributed by atoms with van der Waals surface area (Å²) in [7, 11) is -4.08. The molecule has 2 aromatic carbocycles. The summed E-state index contributed by atoms with van der Waals surface area (Å²) >= 11 is 0. The fraction of sp³-hybridized carbons (Fsp3) is 0. The Morgan fingerprint density at radius 3 is 2.29 bits per heavy atom. The first kappa shape index (κ1) is 22.1. The van der Waals surface area contributed by atoms with Gasteiger partial charge in [-0.2, -0.15) is 0 Å². The summed E-state index contributed by atoms with van der Waals surface area (Å²) in [4.78, 5) is 15.5. The van der Waals surface area contributed by atoms with Gasteiger partial charge in [-0.05, 0) is 29.8 Å². The topological polar surface area (TPSA) is 138 Å². The number of benzene rings is 2. The van der Waals surface area contributed by atoms with E-state index in [9.17, 15) is 12.8 Å². The molecule has 11 heteroatoms. The molecule has 0 saturated carbocycles. The number of halogens is 2. The molecule has 31 heavy (non-hydrogen) atoms. The number of hydrogen-bond donors (Lipinski definition) is 2. The molecule has 8 nitrogen and oxygen atoms in total. The monoisotopic (exact) mass is 458 g/mol. The number of nitrogens with zero attached hydrogens (tertiary/aromatic N) is 4. The molecule has 4 N–H and O–H groups in total. The van der Waals surface area contributed by atoms with E-state index in [0.29, 0.717) is 16.8 Å². The third kappa shape index (κ3) is 4.30. The zero-order valence-electron chi connectivity index (χ0n) is 15.8. The Kier molecular flexibility index (Phi) is 6.14. The molecular formula is C20H16ClFN6O2S. The summed E-state index contributed by atoms with van der Waals surface area (Å²) in [5, 5.41) is -0.427. The van der Waals surface area contributed by atoms with E-state index in [1.54, 1.807) is 24.3 Å². The first-order valence-electron chi connectivity index (χ1n) is 8.67. The van der Waals surface area contributed by atoms with E-state index in [-0.39, 0.29) is 34.5 Å². The molecule has 4 rings (SSSR count). The molecule has 0 unspecified atom stereocenters. The summed E-state index contributed by atoms with van der Waals surface area (Å²) in [6.45, 7) is 0. The van der Waals surface area contributed by atoms with Crippen molar-refractivity contribution in [3.05, 3.63) is 72.9 Å². The minimum atomic E-state index is -4.08. The molecule has 0 aliphatic rings. The van der Waals surface area contributed by atoms with E-state index in [0.717, 1.165) is 0 Å². The highest BCUT2D eigenvalue weighted by molar-refractivity contribution is 7.91. The molecular weight excluding hydrogens is 443 g/mol. The van der Waals surface area contributed by atoms with Crippen LogP contribution in [0.5, 0.6) is 0 Å². The van der Waals surface area contributed by atoms with Crippen molar-refractivity contribution in [2.45, 2.75) is 10.1 Å².